The van der Waals surface area contributed by atoms with Crippen molar-refractivity contribution >= 4 is 21.6 Å². The van der Waals surface area contributed by atoms with Crippen molar-refractivity contribution in [1.82, 2.24) is 14.6 Å². The molecule has 17 heavy (non-hydrogen) atoms. The summed E-state index contributed by atoms with van der Waals surface area (Å²) < 4.78 is 2.74. The lowest BCUT2D eigenvalue weighted by Gasteiger charge is -1.95. The van der Waals surface area contributed by atoms with E-state index >= 15 is 0 Å². The molecule has 0 spiro atoms. The Balaban J connectivity index is 2.17. The van der Waals surface area contributed by atoms with Crippen LogP contribution in [0.1, 0.15) is 0 Å². The summed E-state index contributed by atoms with van der Waals surface area (Å²) in [5, 5.41) is 3.11. The summed E-state index contributed by atoms with van der Waals surface area (Å²) >= 11 is 3.39. The van der Waals surface area contributed by atoms with E-state index in [-0.39, 0.29) is 5.43 Å². The largest absolute Gasteiger partial charge is 0.290 e. The lowest BCUT2D eigenvalue weighted by Crippen LogP contribution is -1.98. The molecule has 5 heteroatoms. The van der Waals surface area contributed by atoms with Crippen LogP contribution in [-0.4, -0.2) is 14.6 Å². The van der Waals surface area contributed by atoms with Crippen LogP contribution in [0.25, 0.3) is 17.0 Å². The summed E-state index contributed by atoms with van der Waals surface area (Å²) in [7, 11) is 0. The molecule has 0 radical (unpaired) electrons. The van der Waals surface area contributed by atoms with Crippen molar-refractivity contribution in [3.8, 4) is 11.4 Å². The van der Waals surface area contributed by atoms with Gasteiger partial charge in [0.25, 0.3) is 0 Å². The Morgan fingerprint density at radius 1 is 1.18 bits per heavy atom. The highest BCUT2D eigenvalue weighted by atomic mass is 79.9. The standard InChI is InChI=1S/C12H8BrN3O/c13-9-3-1-8(2-4-9)12-14-11-7-10(17)5-6-16(11)15-12/h1-7H,(H,14,15). The van der Waals surface area contributed by atoms with Gasteiger partial charge in [-0.15, -0.1) is 0 Å². The van der Waals surface area contributed by atoms with Gasteiger partial charge in [0.05, 0.1) is 0 Å². The molecule has 3 aromatic rings. The third-order valence-electron chi connectivity index (χ3n) is 2.48. The molecule has 0 fully saturated rings. The molecule has 0 aliphatic heterocycles. The minimum Gasteiger partial charge on any atom is -0.290 e. The van der Waals surface area contributed by atoms with Gasteiger partial charge in [0.2, 0.25) is 0 Å². The Morgan fingerprint density at radius 3 is 2.71 bits per heavy atom. The van der Waals surface area contributed by atoms with Crippen LogP contribution in [0.5, 0.6) is 0 Å². The maximum Gasteiger partial charge on any atom is 0.183 e. The fourth-order valence-corrected chi connectivity index (χ4v) is 1.90. The van der Waals surface area contributed by atoms with Gasteiger partial charge >= 0.3 is 0 Å². The molecule has 0 saturated heterocycles. The molecule has 84 valence electrons. The first-order valence-corrected chi connectivity index (χ1v) is 5.86. The number of aromatic nitrogens is 3. The first-order valence-electron chi connectivity index (χ1n) is 5.07. The van der Waals surface area contributed by atoms with Crippen molar-refractivity contribution in [3.05, 3.63) is 57.3 Å². The van der Waals surface area contributed by atoms with E-state index in [9.17, 15) is 4.79 Å². The van der Waals surface area contributed by atoms with E-state index in [1.54, 1.807) is 10.7 Å². The van der Waals surface area contributed by atoms with Gasteiger partial charge in [-0.2, -0.15) is 0 Å². The zero-order valence-electron chi connectivity index (χ0n) is 8.72. The number of nitrogens with zero attached hydrogens (tertiary/aromatic N) is 2. The quantitative estimate of drug-likeness (QED) is 0.748. The highest BCUT2D eigenvalue weighted by molar-refractivity contribution is 9.10. The number of hydrogen-bond acceptors (Lipinski definition) is 2. The normalized spacial score (nSPS) is 10.9. The van der Waals surface area contributed by atoms with Crippen molar-refractivity contribution in [1.29, 1.82) is 0 Å². The van der Waals surface area contributed by atoms with E-state index in [4.69, 9.17) is 0 Å². The van der Waals surface area contributed by atoms with Crippen molar-refractivity contribution in [2.24, 2.45) is 0 Å². The van der Waals surface area contributed by atoms with Gasteiger partial charge in [-0.3, -0.25) is 9.89 Å². The molecule has 4 nitrogen and oxygen atoms in total. The zero-order chi connectivity index (χ0) is 11.8. The fourth-order valence-electron chi connectivity index (χ4n) is 1.64. The SMILES string of the molecule is O=c1ccn2[nH]c(-c3ccc(Br)cc3)nc2c1. The summed E-state index contributed by atoms with van der Waals surface area (Å²) in [6.07, 6.45) is 1.67. The molecule has 0 saturated carbocycles. The number of aromatic amines is 1. The van der Waals surface area contributed by atoms with E-state index in [2.05, 4.69) is 26.0 Å². The average molecular weight is 290 g/mol. The predicted molar refractivity (Wildman–Crippen MR) is 68.9 cm³/mol. The van der Waals surface area contributed by atoms with Crippen LogP contribution in [0.2, 0.25) is 0 Å². The zero-order valence-corrected chi connectivity index (χ0v) is 10.3. The molecule has 0 bridgehead atoms. The van der Waals surface area contributed by atoms with Gasteiger partial charge in [-0.25, -0.2) is 9.50 Å². The van der Waals surface area contributed by atoms with Gasteiger partial charge in [-0.05, 0) is 12.1 Å². The number of H-pyrrole nitrogens is 1. The van der Waals surface area contributed by atoms with E-state index in [1.807, 2.05) is 24.3 Å². The molecule has 0 aliphatic carbocycles. The lowest BCUT2D eigenvalue weighted by atomic mass is 10.2. The van der Waals surface area contributed by atoms with Gasteiger partial charge in [0.1, 0.15) is 0 Å². The van der Waals surface area contributed by atoms with Crippen LogP contribution in [0.3, 0.4) is 0 Å². The summed E-state index contributed by atoms with van der Waals surface area (Å²) in [6, 6.07) is 10.8. The number of pyridine rings is 1. The summed E-state index contributed by atoms with van der Waals surface area (Å²) in [5.74, 6) is 0.739. The predicted octanol–water partition coefficient (Wildman–Crippen LogP) is 2.45. The monoisotopic (exact) mass is 289 g/mol. The minimum atomic E-state index is -0.0427. The van der Waals surface area contributed by atoms with Crippen LogP contribution < -0.4 is 5.43 Å². The Hall–Kier alpha value is -1.88. The lowest BCUT2D eigenvalue weighted by molar-refractivity contribution is 0.963. The van der Waals surface area contributed by atoms with Gasteiger partial charge in [0.15, 0.2) is 16.9 Å². The van der Waals surface area contributed by atoms with Crippen molar-refractivity contribution in [2.45, 2.75) is 0 Å². The Labute approximate surface area is 105 Å². The van der Waals surface area contributed by atoms with Crippen LogP contribution >= 0.6 is 15.9 Å². The number of rotatable bonds is 1. The molecule has 3 rings (SSSR count). The number of halogens is 1. The van der Waals surface area contributed by atoms with Crippen LogP contribution in [-0.2, 0) is 0 Å². The topological polar surface area (TPSA) is 50.2 Å². The third kappa shape index (κ3) is 1.89. The van der Waals surface area contributed by atoms with E-state index in [0.717, 1.165) is 15.9 Å². The second-order valence-corrected chi connectivity index (χ2v) is 4.59. The molecule has 0 atom stereocenters. The summed E-state index contributed by atoms with van der Waals surface area (Å²) in [4.78, 5) is 15.6. The maximum absolute atomic E-state index is 11.2. The summed E-state index contributed by atoms with van der Waals surface area (Å²) in [6.45, 7) is 0. The molecule has 2 aromatic heterocycles. The highest BCUT2D eigenvalue weighted by Crippen LogP contribution is 2.18. The van der Waals surface area contributed by atoms with Gasteiger partial charge in [-0.1, -0.05) is 28.1 Å². The van der Waals surface area contributed by atoms with Crippen LogP contribution in [0.4, 0.5) is 0 Å². The summed E-state index contributed by atoms with van der Waals surface area (Å²) in [5.41, 5.74) is 1.55. The van der Waals surface area contributed by atoms with E-state index < -0.39 is 0 Å². The Morgan fingerprint density at radius 2 is 1.94 bits per heavy atom. The first-order chi connectivity index (χ1) is 8.22. The first kappa shape index (κ1) is 10.3. The van der Waals surface area contributed by atoms with Gasteiger partial charge < -0.3 is 0 Å². The maximum atomic E-state index is 11.2. The second-order valence-electron chi connectivity index (χ2n) is 3.67. The molecule has 0 aliphatic rings. The Kier molecular flexibility index (Phi) is 2.33. The fraction of sp³-hybridized carbons (Fsp3) is 0. The Bertz CT molecular complexity index is 727. The molecule has 2 heterocycles. The average Bonchev–Trinajstić information content (AvgIpc) is 2.72. The number of hydrogen-bond donors (Lipinski definition) is 1. The van der Waals surface area contributed by atoms with Crippen LogP contribution in [0, 0.1) is 0 Å². The number of nitrogens with one attached hydrogen (secondary N) is 1. The number of benzene rings is 1. The van der Waals surface area contributed by atoms with Crippen molar-refractivity contribution in [2.75, 3.05) is 0 Å². The third-order valence-corrected chi connectivity index (χ3v) is 3.01. The second kappa shape index (κ2) is 3.85. The number of fused-ring (bicyclic) bond motifs is 1. The smallest absolute Gasteiger partial charge is 0.183 e. The van der Waals surface area contributed by atoms with E-state index in [1.165, 1.54) is 12.1 Å². The molecular formula is C12H8BrN3O. The molecule has 1 N–H and O–H groups in total. The van der Waals surface area contributed by atoms with Gasteiger partial charge in [0, 0.05) is 28.4 Å². The highest BCUT2D eigenvalue weighted by Gasteiger charge is 2.04. The molecular weight excluding hydrogens is 282 g/mol. The molecule has 0 amide bonds. The van der Waals surface area contributed by atoms with Crippen molar-refractivity contribution in [3.63, 3.8) is 0 Å². The van der Waals surface area contributed by atoms with E-state index in [0.29, 0.717) is 5.65 Å². The van der Waals surface area contributed by atoms with Crippen molar-refractivity contribution < 1.29 is 0 Å². The minimum absolute atomic E-state index is 0.0427. The molecule has 1 aromatic carbocycles. The molecule has 0 unspecified atom stereocenters. The van der Waals surface area contributed by atoms with Crippen LogP contribution in [0.15, 0.2) is 51.9 Å².